The van der Waals surface area contributed by atoms with Gasteiger partial charge < -0.3 is 10.6 Å². The number of hydrogen-bond donors (Lipinski definition) is 1. The average Bonchev–Trinajstić information content (AvgIpc) is 2.32. The molecule has 2 N–H and O–H groups in total. The molecule has 3 nitrogen and oxygen atoms in total. The van der Waals surface area contributed by atoms with Crippen LogP contribution in [0.4, 0.5) is 5.69 Å². The van der Waals surface area contributed by atoms with Crippen molar-refractivity contribution in [2.24, 2.45) is 0 Å². The van der Waals surface area contributed by atoms with Crippen LogP contribution < -0.4 is 5.73 Å². The predicted octanol–water partition coefficient (Wildman–Crippen LogP) is 2.98. The van der Waals surface area contributed by atoms with Gasteiger partial charge in [0.25, 0.3) is 5.91 Å². The zero-order chi connectivity index (χ0) is 13.3. The van der Waals surface area contributed by atoms with Crippen molar-refractivity contribution in [1.29, 1.82) is 0 Å². The Balaban J connectivity index is 2.32. The van der Waals surface area contributed by atoms with Crippen molar-refractivity contribution < 1.29 is 4.79 Å². The molecule has 1 aliphatic heterocycles. The number of nitrogens with zero attached hydrogens (tertiary/aromatic N) is 1. The van der Waals surface area contributed by atoms with Crippen molar-refractivity contribution in [2.75, 3.05) is 5.73 Å². The van der Waals surface area contributed by atoms with Gasteiger partial charge in [-0.3, -0.25) is 4.79 Å². The van der Waals surface area contributed by atoms with Gasteiger partial charge in [-0.25, -0.2) is 0 Å². The van der Waals surface area contributed by atoms with Crippen LogP contribution in [0.25, 0.3) is 0 Å². The van der Waals surface area contributed by atoms with Gasteiger partial charge in [0, 0.05) is 23.3 Å². The van der Waals surface area contributed by atoms with E-state index in [4.69, 9.17) is 5.73 Å². The zero-order valence-corrected chi connectivity index (χ0v) is 11.4. The van der Waals surface area contributed by atoms with Gasteiger partial charge in [0.05, 0.1) is 0 Å². The van der Waals surface area contributed by atoms with E-state index < -0.39 is 0 Å². The Kier molecular flexibility index (Phi) is 3.60. The molecule has 0 radical (unpaired) electrons. The van der Waals surface area contributed by atoms with Crippen LogP contribution in [0.2, 0.25) is 0 Å². The van der Waals surface area contributed by atoms with Crippen LogP contribution in [-0.2, 0) is 0 Å². The number of nitrogens with two attached hydrogens (primary N) is 1. The predicted molar refractivity (Wildman–Crippen MR) is 74.5 cm³/mol. The van der Waals surface area contributed by atoms with E-state index >= 15 is 0 Å². The number of rotatable bonds is 1. The maximum atomic E-state index is 12.7. The Hall–Kier alpha value is -1.51. The van der Waals surface area contributed by atoms with Crippen molar-refractivity contribution in [2.45, 2.75) is 52.1 Å². The van der Waals surface area contributed by atoms with Crippen molar-refractivity contribution in [3.05, 3.63) is 29.3 Å². The van der Waals surface area contributed by atoms with E-state index in [1.807, 2.05) is 24.0 Å². The van der Waals surface area contributed by atoms with E-state index in [0.29, 0.717) is 17.8 Å². The highest BCUT2D eigenvalue weighted by Gasteiger charge is 2.30. The number of hydrogen-bond acceptors (Lipinski definition) is 2. The number of benzene rings is 1. The third-order valence-corrected chi connectivity index (χ3v) is 3.92. The topological polar surface area (TPSA) is 46.3 Å². The van der Waals surface area contributed by atoms with Gasteiger partial charge in [0.2, 0.25) is 0 Å². The van der Waals surface area contributed by atoms with Gasteiger partial charge in [0.1, 0.15) is 0 Å². The van der Waals surface area contributed by atoms with Crippen LogP contribution in [0.5, 0.6) is 0 Å². The van der Waals surface area contributed by atoms with Gasteiger partial charge in [-0.2, -0.15) is 0 Å². The van der Waals surface area contributed by atoms with Crippen LogP contribution in [0.15, 0.2) is 18.2 Å². The lowest BCUT2D eigenvalue weighted by molar-refractivity contribution is 0.0510. The fraction of sp³-hybridized carbons (Fsp3) is 0.533. The Labute approximate surface area is 109 Å². The van der Waals surface area contributed by atoms with Gasteiger partial charge in [0.15, 0.2) is 0 Å². The largest absolute Gasteiger partial charge is 0.399 e. The molecular weight excluding hydrogens is 224 g/mol. The number of carbonyl (C=O) groups excluding carboxylic acids is 1. The normalized spacial score (nSPS) is 24.1. The summed E-state index contributed by atoms with van der Waals surface area (Å²) < 4.78 is 0. The molecule has 0 aliphatic carbocycles. The first-order valence-corrected chi connectivity index (χ1v) is 6.69. The number of piperidine rings is 1. The molecule has 0 spiro atoms. The van der Waals surface area contributed by atoms with Crippen molar-refractivity contribution in [3.8, 4) is 0 Å². The lowest BCUT2D eigenvalue weighted by Crippen LogP contribution is -2.47. The molecule has 1 heterocycles. The highest BCUT2D eigenvalue weighted by molar-refractivity contribution is 5.97. The Bertz CT molecular complexity index is 446. The molecule has 0 unspecified atom stereocenters. The molecule has 2 rings (SSSR count). The quantitative estimate of drug-likeness (QED) is 0.774. The third kappa shape index (κ3) is 2.35. The van der Waals surface area contributed by atoms with Gasteiger partial charge in [-0.1, -0.05) is 6.07 Å². The first-order valence-electron chi connectivity index (χ1n) is 6.69. The van der Waals surface area contributed by atoms with Crippen LogP contribution >= 0.6 is 0 Å². The minimum atomic E-state index is 0.125. The average molecular weight is 246 g/mol. The fourth-order valence-corrected chi connectivity index (χ4v) is 2.83. The Morgan fingerprint density at radius 2 is 1.89 bits per heavy atom. The van der Waals surface area contributed by atoms with Crippen molar-refractivity contribution in [3.63, 3.8) is 0 Å². The summed E-state index contributed by atoms with van der Waals surface area (Å²) in [4.78, 5) is 14.7. The molecule has 1 fully saturated rings. The lowest BCUT2D eigenvalue weighted by Gasteiger charge is -2.39. The summed E-state index contributed by atoms with van der Waals surface area (Å²) in [6.07, 6.45) is 3.40. The Morgan fingerprint density at radius 3 is 2.50 bits per heavy atom. The summed E-state index contributed by atoms with van der Waals surface area (Å²) in [5, 5.41) is 0. The van der Waals surface area contributed by atoms with Crippen LogP contribution in [0.3, 0.4) is 0 Å². The number of carbonyl (C=O) groups is 1. The van der Waals surface area contributed by atoms with Crippen molar-refractivity contribution >= 4 is 11.6 Å². The molecule has 0 bridgehead atoms. The molecule has 1 aromatic carbocycles. The summed E-state index contributed by atoms with van der Waals surface area (Å²) in [6.45, 7) is 6.23. The molecule has 18 heavy (non-hydrogen) atoms. The smallest absolute Gasteiger partial charge is 0.254 e. The lowest BCUT2D eigenvalue weighted by atomic mass is 9.95. The van der Waals surface area contributed by atoms with Crippen LogP contribution in [-0.4, -0.2) is 22.9 Å². The van der Waals surface area contributed by atoms with E-state index in [2.05, 4.69) is 13.8 Å². The molecule has 1 aliphatic rings. The highest BCUT2D eigenvalue weighted by Crippen LogP contribution is 2.26. The third-order valence-electron chi connectivity index (χ3n) is 3.92. The number of anilines is 1. The number of nitrogen functional groups attached to an aromatic ring is 1. The Morgan fingerprint density at radius 1 is 1.28 bits per heavy atom. The van der Waals surface area contributed by atoms with E-state index in [9.17, 15) is 4.79 Å². The summed E-state index contributed by atoms with van der Waals surface area (Å²) >= 11 is 0. The summed E-state index contributed by atoms with van der Waals surface area (Å²) in [6, 6.07) is 6.20. The minimum Gasteiger partial charge on any atom is -0.399 e. The molecular formula is C15H22N2O. The monoisotopic (exact) mass is 246 g/mol. The SMILES string of the molecule is Cc1ccc(N)cc1C(=O)N1[C@H](C)CCC[C@@H]1C. The highest BCUT2D eigenvalue weighted by atomic mass is 16.2. The first kappa shape index (κ1) is 12.9. The molecule has 1 saturated heterocycles. The molecule has 2 atom stereocenters. The van der Waals surface area contributed by atoms with E-state index in [-0.39, 0.29) is 5.91 Å². The van der Waals surface area contributed by atoms with Gasteiger partial charge >= 0.3 is 0 Å². The summed E-state index contributed by atoms with van der Waals surface area (Å²) in [5.74, 6) is 0.125. The zero-order valence-electron chi connectivity index (χ0n) is 11.4. The summed E-state index contributed by atoms with van der Waals surface area (Å²) in [7, 11) is 0. The minimum absolute atomic E-state index is 0.125. The molecule has 0 saturated carbocycles. The fourth-order valence-electron chi connectivity index (χ4n) is 2.83. The molecule has 3 heteroatoms. The molecule has 98 valence electrons. The first-order chi connectivity index (χ1) is 8.50. The maximum absolute atomic E-state index is 12.7. The second-order valence-corrected chi connectivity index (χ2v) is 5.42. The van der Waals surface area contributed by atoms with E-state index in [0.717, 1.165) is 24.0 Å². The van der Waals surface area contributed by atoms with Crippen molar-refractivity contribution in [1.82, 2.24) is 4.90 Å². The second-order valence-electron chi connectivity index (χ2n) is 5.42. The molecule has 0 aromatic heterocycles. The number of likely N-dealkylation sites (tertiary alicyclic amines) is 1. The van der Waals surface area contributed by atoms with E-state index in [1.165, 1.54) is 6.42 Å². The number of aryl methyl sites for hydroxylation is 1. The van der Waals surface area contributed by atoms with Gasteiger partial charge in [-0.05, 0) is 57.7 Å². The molecule has 1 aromatic rings. The van der Waals surface area contributed by atoms with Gasteiger partial charge in [-0.15, -0.1) is 0 Å². The number of amides is 1. The standard InChI is InChI=1S/C15H22N2O/c1-10-7-8-13(16)9-14(10)15(18)17-11(2)5-4-6-12(17)3/h7-9,11-12H,4-6,16H2,1-3H3/t11-,12+. The van der Waals surface area contributed by atoms with Crippen LogP contribution in [0, 0.1) is 6.92 Å². The molecule has 1 amide bonds. The van der Waals surface area contributed by atoms with Crippen LogP contribution in [0.1, 0.15) is 49.0 Å². The maximum Gasteiger partial charge on any atom is 0.254 e. The second kappa shape index (κ2) is 5.01. The summed E-state index contributed by atoms with van der Waals surface area (Å²) in [5.41, 5.74) is 8.19. The van der Waals surface area contributed by atoms with E-state index in [1.54, 1.807) is 6.07 Å².